The van der Waals surface area contributed by atoms with Gasteiger partial charge in [0.05, 0.1) is 6.10 Å². The first kappa shape index (κ1) is 14.3. The van der Waals surface area contributed by atoms with Crippen molar-refractivity contribution in [3.8, 4) is 0 Å². The van der Waals surface area contributed by atoms with Crippen LogP contribution in [0, 0.1) is 17.3 Å². The van der Waals surface area contributed by atoms with E-state index >= 15 is 0 Å². The number of nitrogens with zero attached hydrogens (tertiary/aromatic N) is 1. The van der Waals surface area contributed by atoms with Crippen LogP contribution in [0.25, 0.3) is 0 Å². The molecule has 0 spiro atoms. The van der Waals surface area contributed by atoms with Crippen LogP contribution in [0.1, 0.15) is 59.8 Å². The largest absolute Gasteiger partial charge is 0.391 e. The number of aliphatic hydroxyl groups excluding tert-OH is 1. The Morgan fingerprint density at radius 1 is 1.11 bits per heavy atom. The van der Waals surface area contributed by atoms with Gasteiger partial charge in [0, 0.05) is 6.04 Å². The molecule has 18 heavy (non-hydrogen) atoms. The molecule has 2 aliphatic rings. The molecule has 0 amide bonds. The van der Waals surface area contributed by atoms with E-state index in [1.54, 1.807) is 0 Å². The molecule has 3 unspecified atom stereocenters. The molecule has 3 atom stereocenters. The average Bonchev–Trinajstić information content (AvgIpc) is 2.52. The van der Waals surface area contributed by atoms with Gasteiger partial charge in [0.1, 0.15) is 0 Å². The van der Waals surface area contributed by atoms with E-state index in [1.807, 2.05) is 0 Å². The highest BCUT2D eigenvalue weighted by molar-refractivity contribution is 4.96. The number of hydrogen-bond acceptors (Lipinski definition) is 2. The fourth-order valence-electron chi connectivity index (χ4n) is 3.87. The normalized spacial score (nSPS) is 38.0. The molecular weight excluding hydrogens is 222 g/mol. The number of rotatable bonds is 2. The second-order valence-electron chi connectivity index (χ2n) is 7.51. The zero-order valence-electron chi connectivity index (χ0n) is 12.7. The zero-order valence-corrected chi connectivity index (χ0v) is 12.7. The lowest BCUT2D eigenvalue weighted by atomic mass is 9.88. The third-order valence-corrected chi connectivity index (χ3v) is 5.47. The van der Waals surface area contributed by atoms with Crippen LogP contribution in [0.5, 0.6) is 0 Å². The highest BCUT2D eigenvalue weighted by atomic mass is 16.3. The fraction of sp³-hybridized carbons (Fsp3) is 1.00. The van der Waals surface area contributed by atoms with Gasteiger partial charge in [-0.1, -0.05) is 27.7 Å². The van der Waals surface area contributed by atoms with Gasteiger partial charge < -0.3 is 5.11 Å². The maximum Gasteiger partial charge on any atom is 0.0746 e. The Morgan fingerprint density at radius 2 is 1.83 bits per heavy atom. The second-order valence-corrected chi connectivity index (χ2v) is 7.51. The van der Waals surface area contributed by atoms with E-state index in [0.29, 0.717) is 6.04 Å². The number of hydrogen-bond donors (Lipinski definition) is 1. The molecule has 2 rings (SSSR count). The van der Waals surface area contributed by atoms with Crippen molar-refractivity contribution in [1.29, 1.82) is 0 Å². The Kier molecular flexibility index (Phi) is 4.38. The molecule has 1 saturated carbocycles. The van der Waals surface area contributed by atoms with Crippen LogP contribution in [0.3, 0.4) is 0 Å². The third-order valence-electron chi connectivity index (χ3n) is 5.47. The summed E-state index contributed by atoms with van der Waals surface area (Å²) in [5.74, 6) is 1.71. The first-order valence-electron chi connectivity index (χ1n) is 7.84. The summed E-state index contributed by atoms with van der Waals surface area (Å²) < 4.78 is 0. The minimum absolute atomic E-state index is 0.119. The highest BCUT2D eigenvalue weighted by Gasteiger charge is 2.43. The Labute approximate surface area is 113 Å². The standard InChI is InChI=1S/C16H31NO/c1-12(2)13-6-5-10-17(11-8-13)14-7-9-16(3,4)15(14)18/h12-15,18H,5-11H2,1-4H3. The molecule has 1 aliphatic carbocycles. The van der Waals surface area contributed by atoms with Crippen LogP contribution in [-0.4, -0.2) is 35.2 Å². The van der Waals surface area contributed by atoms with E-state index < -0.39 is 0 Å². The summed E-state index contributed by atoms with van der Waals surface area (Å²) in [6.07, 6.45) is 6.23. The summed E-state index contributed by atoms with van der Waals surface area (Å²) in [5, 5.41) is 10.5. The summed E-state index contributed by atoms with van der Waals surface area (Å²) >= 11 is 0. The van der Waals surface area contributed by atoms with Gasteiger partial charge in [-0.3, -0.25) is 4.90 Å². The Balaban J connectivity index is 1.95. The Hall–Kier alpha value is -0.0800. The Bertz CT molecular complexity index is 274. The third kappa shape index (κ3) is 2.91. The molecule has 1 saturated heterocycles. The molecule has 1 N–H and O–H groups in total. The first-order valence-corrected chi connectivity index (χ1v) is 7.84. The van der Waals surface area contributed by atoms with E-state index in [2.05, 4.69) is 32.6 Å². The van der Waals surface area contributed by atoms with Gasteiger partial charge >= 0.3 is 0 Å². The molecule has 0 aromatic rings. The number of aliphatic hydroxyl groups is 1. The van der Waals surface area contributed by atoms with Crippen LogP contribution in [0.2, 0.25) is 0 Å². The van der Waals surface area contributed by atoms with Crippen LogP contribution >= 0.6 is 0 Å². The maximum atomic E-state index is 10.5. The Morgan fingerprint density at radius 3 is 2.39 bits per heavy atom. The van der Waals surface area contributed by atoms with Gasteiger partial charge in [-0.05, 0) is 62.4 Å². The van der Waals surface area contributed by atoms with Crippen LogP contribution < -0.4 is 0 Å². The molecule has 106 valence electrons. The summed E-state index contributed by atoms with van der Waals surface area (Å²) in [4.78, 5) is 2.59. The molecule has 0 bridgehead atoms. The summed E-state index contributed by atoms with van der Waals surface area (Å²) in [6.45, 7) is 11.5. The molecule has 2 nitrogen and oxygen atoms in total. The van der Waals surface area contributed by atoms with Gasteiger partial charge in [0.15, 0.2) is 0 Å². The molecule has 2 fully saturated rings. The smallest absolute Gasteiger partial charge is 0.0746 e. The molecule has 1 aliphatic heterocycles. The lowest BCUT2D eigenvalue weighted by Gasteiger charge is -2.33. The van der Waals surface area contributed by atoms with Crippen LogP contribution in [-0.2, 0) is 0 Å². The van der Waals surface area contributed by atoms with Crippen molar-refractivity contribution < 1.29 is 5.11 Å². The lowest BCUT2D eigenvalue weighted by molar-refractivity contribution is 0.0152. The van der Waals surface area contributed by atoms with Crippen molar-refractivity contribution in [1.82, 2.24) is 4.90 Å². The van der Waals surface area contributed by atoms with Gasteiger partial charge in [0.2, 0.25) is 0 Å². The molecule has 0 aromatic carbocycles. The molecular formula is C16H31NO. The topological polar surface area (TPSA) is 23.5 Å². The highest BCUT2D eigenvalue weighted by Crippen LogP contribution is 2.40. The van der Waals surface area contributed by atoms with Crippen molar-refractivity contribution >= 4 is 0 Å². The van der Waals surface area contributed by atoms with Gasteiger partial charge in [-0.25, -0.2) is 0 Å². The molecule has 2 heteroatoms. The van der Waals surface area contributed by atoms with Crippen LogP contribution in [0.15, 0.2) is 0 Å². The quantitative estimate of drug-likeness (QED) is 0.816. The minimum atomic E-state index is -0.131. The zero-order chi connectivity index (χ0) is 13.3. The second kappa shape index (κ2) is 5.50. The van der Waals surface area contributed by atoms with E-state index in [0.717, 1.165) is 11.8 Å². The molecule has 1 heterocycles. The van der Waals surface area contributed by atoms with Crippen molar-refractivity contribution in [3.63, 3.8) is 0 Å². The maximum absolute atomic E-state index is 10.5. The van der Waals surface area contributed by atoms with Crippen molar-refractivity contribution in [3.05, 3.63) is 0 Å². The molecule has 0 aromatic heterocycles. The number of likely N-dealkylation sites (tertiary alicyclic amines) is 1. The summed E-state index contributed by atoms with van der Waals surface area (Å²) in [7, 11) is 0. The monoisotopic (exact) mass is 253 g/mol. The van der Waals surface area contributed by atoms with Crippen molar-refractivity contribution in [2.45, 2.75) is 71.9 Å². The lowest BCUT2D eigenvalue weighted by Crippen LogP contribution is -2.44. The first-order chi connectivity index (χ1) is 8.42. The van der Waals surface area contributed by atoms with Gasteiger partial charge in [-0.2, -0.15) is 0 Å². The predicted molar refractivity (Wildman–Crippen MR) is 76.6 cm³/mol. The van der Waals surface area contributed by atoms with E-state index in [4.69, 9.17) is 0 Å². The SMILES string of the molecule is CC(C)C1CCCN(C2CCC(C)(C)C2O)CC1. The molecule has 0 radical (unpaired) electrons. The average molecular weight is 253 g/mol. The summed E-state index contributed by atoms with van der Waals surface area (Å²) in [6, 6.07) is 0.422. The van der Waals surface area contributed by atoms with Crippen molar-refractivity contribution in [2.75, 3.05) is 13.1 Å². The van der Waals surface area contributed by atoms with E-state index in [9.17, 15) is 5.11 Å². The van der Waals surface area contributed by atoms with Crippen LogP contribution in [0.4, 0.5) is 0 Å². The van der Waals surface area contributed by atoms with Gasteiger partial charge in [-0.15, -0.1) is 0 Å². The predicted octanol–water partition coefficient (Wildman–Crippen LogP) is 3.29. The summed E-state index contributed by atoms with van der Waals surface area (Å²) in [5.41, 5.74) is 0.119. The fourth-order valence-corrected chi connectivity index (χ4v) is 3.87. The minimum Gasteiger partial charge on any atom is -0.391 e. The van der Waals surface area contributed by atoms with E-state index in [1.165, 1.54) is 45.2 Å². The van der Waals surface area contributed by atoms with E-state index in [-0.39, 0.29) is 11.5 Å². The van der Waals surface area contributed by atoms with Gasteiger partial charge in [0.25, 0.3) is 0 Å². The van der Waals surface area contributed by atoms with Crippen molar-refractivity contribution in [2.24, 2.45) is 17.3 Å².